The Labute approximate surface area is 124 Å². The van der Waals surface area contributed by atoms with Gasteiger partial charge >= 0.3 is 0 Å². The Balaban J connectivity index is 1.83. The minimum absolute atomic E-state index is 0.227. The van der Waals surface area contributed by atoms with Crippen LogP contribution >= 0.6 is 0 Å². The topological polar surface area (TPSA) is 97.0 Å². The molecule has 1 aromatic rings. The van der Waals surface area contributed by atoms with Crippen molar-refractivity contribution in [2.75, 3.05) is 38.3 Å². The molecule has 0 atom stereocenters. The van der Waals surface area contributed by atoms with E-state index in [-0.39, 0.29) is 5.92 Å². The van der Waals surface area contributed by atoms with Gasteiger partial charge < -0.3 is 15.8 Å². The number of ether oxygens (including phenoxy) is 1. The first kappa shape index (κ1) is 15.6. The molecule has 8 heteroatoms. The van der Waals surface area contributed by atoms with Crippen molar-refractivity contribution in [1.82, 2.24) is 4.31 Å². The predicted octanol–water partition coefficient (Wildman–Crippen LogP) is 0.313. The van der Waals surface area contributed by atoms with Crippen LogP contribution in [-0.2, 0) is 10.0 Å². The maximum atomic E-state index is 11.2. The summed E-state index contributed by atoms with van der Waals surface area (Å²) >= 11 is 0. The van der Waals surface area contributed by atoms with E-state index in [4.69, 9.17) is 10.5 Å². The van der Waals surface area contributed by atoms with Crippen molar-refractivity contribution in [3.8, 4) is 5.75 Å². The van der Waals surface area contributed by atoms with E-state index < -0.39 is 10.0 Å². The van der Waals surface area contributed by atoms with Gasteiger partial charge in [-0.2, -0.15) is 0 Å². The van der Waals surface area contributed by atoms with Crippen molar-refractivity contribution in [2.45, 2.75) is 0 Å². The first-order valence-corrected chi connectivity index (χ1v) is 8.39. The Morgan fingerprint density at radius 2 is 2.24 bits per heavy atom. The number of anilines is 1. The van der Waals surface area contributed by atoms with Crippen molar-refractivity contribution >= 4 is 21.7 Å². The normalized spacial score (nSPS) is 17.3. The van der Waals surface area contributed by atoms with E-state index >= 15 is 0 Å². The monoisotopic (exact) mass is 312 g/mol. The molecule has 3 N–H and O–H groups in total. The van der Waals surface area contributed by atoms with Crippen LogP contribution in [-0.4, -0.2) is 51.7 Å². The van der Waals surface area contributed by atoms with Crippen LogP contribution in [0.1, 0.15) is 0 Å². The third kappa shape index (κ3) is 4.33. The molecule has 0 bridgehead atoms. The molecule has 1 aliphatic rings. The average molecular weight is 312 g/mol. The zero-order valence-corrected chi connectivity index (χ0v) is 12.9. The van der Waals surface area contributed by atoms with Crippen LogP contribution in [0.4, 0.5) is 5.69 Å². The Kier molecular flexibility index (Phi) is 4.69. The Morgan fingerprint density at radius 1 is 1.52 bits per heavy atom. The van der Waals surface area contributed by atoms with Gasteiger partial charge in [-0.05, 0) is 12.1 Å². The summed E-state index contributed by atoms with van der Waals surface area (Å²) in [5.74, 6) is 1.27. The lowest BCUT2D eigenvalue weighted by Crippen LogP contribution is -2.50. The summed E-state index contributed by atoms with van der Waals surface area (Å²) in [5.41, 5.74) is 6.60. The van der Waals surface area contributed by atoms with Crippen LogP contribution in [0.2, 0.25) is 0 Å². The summed E-state index contributed by atoms with van der Waals surface area (Å²) in [6, 6.07) is 7.37. The van der Waals surface area contributed by atoms with E-state index in [1.54, 1.807) is 7.11 Å². The Bertz CT molecular complexity index is 624. The number of hydrogen-bond acceptors (Lipinski definition) is 4. The number of benzene rings is 1. The van der Waals surface area contributed by atoms with Crippen LogP contribution in [0.25, 0.3) is 0 Å². The molecule has 0 unspecified atom stereocenters. The molecule has 21 heavy (non-hydrogen) atoms. The standard InChI is InChI=1S/C13H20N4O3S/c1-20-12-5-3-4-11(6-12)16-13(14)15-7-10-8-17(9-10)21(2,18)19/h3-6,10H,7-9H2,1-2H3,(H3,14,15,16). The zero-order chi connectivity index (χ0) is 15.5. The molecule has 1 aliphatic heterocycles. The number of nitrogens with zero attached hydrogens (tertiary/aromatic N) is 2. The second kappa shape index (κ2) is 6.31. The van der Waals surface area contributed by atoms with Crippen LogP contribution < -0.4 is 15.8 Å². The van der Waals surface area contributed by atoms with E-state index in [9.17, 15) is 8.42 Å². The molecule has 1 saturated heterocycles. The highest BCUT2D eigenvalue weighted by Crippen LogP contribution is 2.19. The number of guanidine groups is 1. The molecule has 2 rings (SSSR count). The minimum atomic E-state index is -3.07. The summed E-state index contributed by atoms with van der Waals surface area (Å²) < 4.78 is 29.0. The van der Waals surface area contributed by atoms with E-state index in [0.29, 0.717) is 25.6 Å². The smallest absolute Gasteiger partial charge is 0.211 e. The molecule has 1 fully saturated rings. The third-order valence-electron chi connectivity index (χ3n) is 3.25. The van der Waals surface area contributed by atoms with Crippen molar-refractivity contribution in [2.24, 2.45) is 16.6 Å². The highest BCUT2D eigenvalue weighted by molar-refractivity contribution is 7.88. The fraction of sp³-hybridized carbons (Fsp3) is 0.462. The van der Waals surface area contributed by atoms with Gasteiger partial charge in [0.05, 0.1) is 13.4 Å². The molecule has 0 spiro atoms. The first-order valence-electron chi connectivity index (χ1n) is 6.54. The highest BCUT2D eigenvalue weighted by atomic mass is 32.2. The molecule has 1 heterocycles. The van der Waals surface area contributed by atoms with Crippen LogP contribution in [0.5, 0.6) is 5.75 Å². The Morgan fingerprint density at radius 3 is 2.86 bits per heavy atom. The quantitative estimate of drug-likeness (QED) is 0.602. The van der Waals surface area contributed by atoms with E-state index in [1.165, 1.54) is 10.6 Å². The number of nitrogens with one attached hydrogen (secondary N) is 1. The van der Waals surface area contributed by atoms with Gasteiger partial charge in [0.2, 0.25) is 10.0 Å². The molecule has 0 aromatic heterocycles. The first-order chi connectivity index (χ1) is 9.88. The van der Waals surface area contributed by atoms with Gasteiger partial charge in [0.25, 0.3) is 0 Å². The maximum Gasteiger partial charge on any atom is 0.211 e. The van der Waals surface area contributed by atoms with Crippen molar-refractivity contribution in [3.05, 3.63) is 24.3 Å². The van der Waals surface area contributed by atoms with Gasteiger partial charge in [-0.15, -0.1) is 0 Å². The third-order valence-corrected chi connectivity index (χ3v) is 4.49. The summed E-state index contributed by atoms with van der Waals surface area (Å²) in [4.78, 5) is 4.23. The molecule has 116 valence electrons. The van der Waals surface area contributed by atoms with Gasteiger partial charge in [-0.3, -0.25) is 4.99 Å². The van der Waals surface area contributed by atoms with E-state index in [1.807, 2.05) is 24.3 Å². The van der Waals surface area contributed by atoms with Gasteiger partial charge in [-0.1, -0.05) is 6.07 Å². The summed E-state index contributed by atoms with van der Waals surface area (Å²) in [7, 11) is -1.47. The van der Waals surface area contributed by atoms with Crippen LogP contribution in [0, 0.1) is 5.92 Å². The van der Waals surface area contributed by atoms with Gasteiger partial charge in [0.15, 0.2) is 5.96 Å². The fourth-order valence-corrected chi connectivity index (χ4v) is 2.99. The fourth-order valence-electron chi connectivity index (χ4n) is 2.02. The highest BCUT2D eigenvalue weighted by Gasteiger charge is 2.32. The molecule has 0 aliphatic carbocycles. The number of rotatable bonds is 5. The summed E-state index contributed by atoms with van der Waals surface area (Å²) in [6.45, 7) is 1.53. The van der Waals surface area contributed by atoms with Crippen molar-refractivity contribution in [1.29, 1.82) is 0 Å². The summed E-state index contributed by atoms with van der Waals surface area (Å²) in [6.07, 6.45) is 1.21. The van der Waals surface area contributed by atoms with E-state index in [2.05, 4.69) is 10.3 Å². The van der Waals surface area contributed by atoms with Gasteiger partial charge in [-0.25, -0.2) is 12.7 Å². The van der Waals surface area contributed by atoms with Crippen molar-refractivity contribution < 1.29 is 13.2 Å². The zero-order valence-electron chi connectivity index (χ0n) is 12.1. The molecular formula is C13H20N4O3S. The van der Waals surface area contributed by atoms with E-state index in [0.717, 1.165) is 11.4 Å². The number of sulfonamides is 1. The lowest BCUT2D eigenvalue weighted by molar-refractivity contribution is 0.209. The largest absolute Gasteiger partial charge is 0.497 e. The second-order valence-electron chi connectivity index (χ2n) is 5.03. The SMILES string of the molecule is COc1cccc(NC(N)=NCC2CN(S(C)(=O)=O)C2)c1. The van der Waals surface area contributed by atoms with Gasteiger partial charge in [0.1, 0.15) is 5.75 Å². The van der Waals surface area contributed by atoms with Crippen LogP contribution in [0.3, 0.4) is 0 Å². The minimum Gasteiger partial charge on any atom is -0.497 e. The molecular weight excluding hydrogens is 292 g/mol. The molecule has 7 nitrogen and oxygen atoms in total. The number of methoxy groups -OCH3 is 1. The average Bonchev–Trinajstić information content (AvgIpc) is 2.35. The lowest BCUT2D eigenvalue weighted by atomic mass is 10.0. The molecule has 0 amide bonds. The molecule has 0 radical (unpaired) electrons. The van der Waals surface area contributed by atoms with Crippen LogP contribution in [0.15, 0.2) is 29.3 Å². The molecule has 0 saturated carbocycles. The summed E-state index contributed by atoms with van der Waals surface area (Å²) in [5, 5.41) is 2.98. The number of hydrogen-bond donors (Lipinski definition) is 2. The number of aliphatic imine (C=N–C) groups is 1. The number of nitrogens with two attached hydrogens (primary N) is 1. The van der Waals surface area contributed by atoms with Gasteiger partial charge in [0, 0.05) is 37.3 Å². The molecule has 1 aromatic carbocycles. The second-order valence-corrected chi connectivity index (χ2v) is 7.01. The maximum absolute atomic E-state index is 11.2. The predicted molar refractivity (Wildman–Crippen MR) is 83.0 cm³/mol. The lowest BCUT2D eigenvalue weighted by Gasteiger charge is -2.36. The van der Waals surface area contributed by atoms with Crippen molar-refractivity contribution in [3.63, 3.8) is 0 Å². The Hall–Kier alpha value is -1.80.